The number of aryl methyl sites for hydroxylation is 1. The van der Waals surface area contributed by atoms with Crippen molar-refractivity contribution in [3.8, 4) is 11.5 Å². The van der Waals surface area contributed by atoms with Crippen LogP contribution in [0, 0.1) is 6.92 Å². The van der Waals surface area contributed by atoms with Gasteiger partial charge in [-0.05, 0) is 49.7 Å². The molecule has 23 heavy (non-hydrogen) atoms. The fourth-order valence-electron chi connectivity index (χ4n) is 2.14. The van der Waals surface area contributed by atoms with Gasteiger partial charge in [0.15, 0.2) is 5.78 Å². The number of esters is 1. The van der Waals surface area contributed by atoms with Gasteiger partial charge in [-0.3, -0.25) is 9.59 Å². The Balaban J connectivity index is 2.21. The molecule has 0 aromatic heterocycles. The first-order valence-corrected chi connectivity index (χ1v) is 7.43. The van der Waals surface area contributed by atoms with Crippen LogP contribution in [0.15, 0.2) is 36.4 Å². The van der Waals surface area contributed by atoms with Gasteiger partial charge in [-0.1, -0.05) is 17.7 Å². The third-order valence-electron chi connectivity index (χ3n) is 3.33. The Labute approximate surface area is 140 Å². The fourth-order valence-corrected chi connectivity index (χ4v) is 2.29. The Morgan fingerprint density at radius 3 is 2.48 bits per heavy atom. The molecule has 0 aliphatic rings. The van der Waals surface area contributed by atoms with Gasteiger partial charge in [-0.25, -0.2) is 0 Å². The highest BCUT2D eigenvalue weighted by Crippen LogP contribution is 2.27. The minimum absolute atomic E-state index is 0.0193. The van der Waals surface area contributed by atoms with E-state index in [2.05, 4.69) is 0 Å². The van der Waals surface area contributed by atoms with E-state index in [-0.39, 0.29) is 12.2 Å². The molecule has 0 saturated carbocycles. The number of rotatable bonds is 5. The van der Waals surface area contributed by atoms with Crippen LogP contribution in [0.4, 0.5) is 0 Å². The van der Waals surface area contributed by atoms with Crippen molar-refractivity contribution in [3.05, 3.63) is 58.1 Å². The molecule has 0 radical (unpaired) electrons. The molecular formula is C18H17ClO4. The van der Waals surface area contributed by atoms with Crippen LogP contribution in [-0.2, 0) is 11.2 Å². The molecule has 0 fully saturated rings. The second kappa shape index (κ2) is 7.29. The molecule has 0 heterocycles. The maximum atomic E-state index is 12.2. The zero-order valence-corrected chi connectivity index (χ0v) is 13.9. The van der Waals surface area contributed by atoms with E-state index in [1.807, 2.05) is 13.0 Å². The van der Waals surface area contributed by atoms with Gasteiger partial charge in [-0.15, -0.1) is 0 Å². The summed E-state index contributed by atoms with van der Waals surface area (Å²) in [5, 5.41) is 0.369. The lowest BCUT2D eigenvalue weighted by Gasteiger charge is -2.11. The van der Waals surface area contributed by atoms with E-state index in [0.717, 1.165) is 5.56 Å². The standard InChI is InChI=1S/C18H17ClO4/c1-11-4-6-15(19)17(8-11)23-18(21)10-14-9-13(12(2)20)5-7-16(14)22-3/h4-9H,10H2,1-3H3. The summed E-state index contributed by atoms with van der Waals surface area (Å²) < 4.78 is 10.5. The Morgan fingerprint density at radius 2 is 1.83 bits per heavy atom. The van der Waals surface area contributed by atoms with Crippen LogP contribution < -0.4 is 9.47 Å². The van der Waals surface area contributed by atoms with Crippen LogP contribution in [0.2, 0.25) is 5.02 Å². The van der Waals surface area contributed by atoms with Crippen LogP contribution in [0.1, 0.15) is 28.4 Å². The Kier molecular flexibility index (Phi) is 5.40. The highest BCUT2D eigenvalue weighted by atomic mass is 35.5. The van der Waals surface area contributed by atoms with Crippen molar-refractivity contribution < 1.29 is 19.1 Å². The lowest BCUT2D eigenvalue weighted by atomic mass is 10.0. The van der Waals surface area contributed by atoms with E-state index in [0.29, 0.717) is 27.6 Å². The van der Waals surface area contributed by atoms with Crippen molar-refractivity contribution in [3.63, 3.8) is 0 Å². The van der Waals surface area contributed by atoms with Gasteiger partial charge in [0.25, 0.3) is 0 Å². The SMILES string of the molecule is COc1ccc(C(C)=O)cc1CC(=O)Oc1cc(C)ccc1Cl. The van der Waals surface area contributed by atoms with Crippen LogP contribution in [0.5, 0.6) is 11.5 Å². The fraction of sp³-hybridized carbons (Fsp3) is 0.222. The molecule has 2 rings (SSSR count). The molecule has 5 heteroatoms. The third kappa shape index (κ3) is 4.33. The molecule has 0 amide bonds. The number of ether oxygens (including phenoxy) is 2. The molecule has 2 aromatic rings. The van der Waals surface area contributed by atoms with Gasteiger partial charge in [0.1, 0.15) is 11.5 Å². The van der Waals surface area contributed by atoms with Gasteiger partial charge in [0, 0.05) is 11.1 Å². The van der Waals surface area contributed by atoms with Gasteiger partial charge in [-0.2, -0.15) is 0 Å². The van der Waals surface area contributed by atoms with Crippen molar-refractivity contribution in [2.45, 2.75) is 20.3 Å². The molecule has 0 saturated heterocycles. The number of Topliss-reactive ketones (excluding diaryl/α,β-unsaturated/α-hetero) is 1. The Bertz CT molecular complexity index is 753. The lowest BCUT2D eigenvalue weighted by molar-refractivity contribution is -0.133. The average Bonchev–Trinajstić information content (AvgIpc) is 2.50. The van der Waals surface area contributed by atoms with E-state index >= 15 is 0 Å². The second-order valence-electron chi connectivity index (χ2n) is 5.17. The van der Waals surface area contributed by atoms with E-state index < -0.39 is 5.97 Å². The predicted molar refractivity (Wildman–Crippen MR) is 88.5 cm³/mol. The van der Waals surface area contributed by atoms with Gasteiger partial charge < -0.3 is 9.47 Å². The molecule has 0 aliphatic carbocycles. The minimum Gasteiger partial charge on any atom is -0.496 e. The van der Waals surface area contributed by atoms with Crippen LogP contribution in [-0.4, -0.2) is 18.9 Å². The first-order valence-electron chi connectivity index (χ1n) is 7.05. The van der Waals surface area contributed by atoms with E-state index in [9.17, 15) is 9.59 Å². The predicted octanol–water partition coefficient (Wildman–Crippen LogP) is 4.01. The number of hydrogen-bond acceptors (Lipinski definition) is 4. The van der Waals surface area contributed by atoms with Crippen LogP contribution in [0.25, 0.3) is 0 Å². The topological polar surface area (TPSA) is 52.6 Å². The Morgan fingerprint density at radius 1 is 1.09 bits per heavy atom. The molecule has 0 atom stereocenters. The number of carbonyl (C=O) groups is 2. The van der Waals surface area contributed by atoms with Crippen molar-refractivity contribution in [2.24, 2.45) is 0 Å². The minimum atomic E-state index is -0.475. The van der Waals surface area contributed by atoms with Gasteiger partial charge >= 0.3 is 5.97 Å². The molecule has 2 aromatic carbocycles. The molecule has 0 spiro atoms. The number of carbonyl (C=O) groups excluding carboxylic acids is 2. The lowest BCUT2D eigenvalue weighted by Crippen LogP contribution is -2.13. The normalized spacial score (nSPS) is 10.3. The van der Waals surface area contributed by atoms with E-state index in [1.54, 1.807) is 30.3 Å². The molecule has 0 bridgehead atoms. The smallest absolute Gasteiger partial charge is 0.315 e. The maximum Gasteiger partial charge on any atom is 0.315 e. The highest BCUT2D eigenvalue weighted by Gasteiger charge is 2.14. The summed E-state index contributed by atoms with van der Waals surface area (Å²) in [6.07, 6.45) is -0.0193. The summed E-state index contributed by atoms with van der Waals surface area (Å²) in [6, 6.07) is 10.2. The van der Waals surface area contributed by atoms with Gasteiger partial charge in [0.05, 0.1) is 18.6 Å². The van der Waals surface area contributed by atoms with E-state index in [4.69, 9.17) is 21.1 Å². The number of methoxy groups -OCH3 is 1. The number of ketones is 1. The summed E-state index contributed by atoms with van der Waals surface area (Å²) >= 11 is 6.02. The van der Waals surface area contributed by atoms with Crippen molar-refractivity contribution in [1.29, 1.82) is 0 Å². The molecule has 4 nitrogen and oxygen atoms in total. The number of benzene rings is 2. The van der Waals surface area contributed by atoms with E-state index in [1.165, 1.54) is 14.0 Å². The first kappa shape index (κ1) is 17.0. The molecule has 0 N–H and O–H groups in total. The van der Waals surface area contributed by atoms with Crippen molar-refractivity contribution in [1.82, 2.24) is 0 Å². The summed E-state index contributed by atoms with van der Waals surface area (Å²) in [7, 11) is 1.51. The zero-order valence-electron chi connectivity index (χ0n) is 13.2. The molecule has 120 valence electrons. The summed E-state index contributed by atoms with van der Waals surface area (Å²) in [5.41, 5.74) is 2.05. The van der Waals surface area contributed by atoms with Crippen molar-refractivity contribution in [2.75, 3.05) is 7.11 Å². The number of halogens is 1. The first-order chi connectivity index (χ1) is 10.9. The van der Waals surface area contributed by atoms with Crippen LogP contribution >= 0.6 is 11.6 Å². The van der Waals surface area contributed by atoms with Crippen LogP contribution in [0.3, 0.4) is 0 Å². The monoisotopic (exact) mass is 332 g/mol. The number of hydrogen-bond donors (Lipinski definition) is 0. The molecular weight excluding hydrogens is 316 g/mol. The molecule has 0 unspecified atom stereocenters. The Hall–Kier alpha value is -2.33. The molecule has 0 aliphatic heterocycles. The summed E-state index contributed by atoms with van der Waals surface area (Å²) in [5.74, 6) is 0.293. The quantitative estimate of drug-likeness (QED) is 0.471. The largest absolute Gasteiger partial charge is 0.496 e. The summed E-state index contributed by atoms with van der Waals surface area (Å²) in [4.78, 5) is 23.7. The third-order valence-corrected chi connectivity index (χ3v) is 3.64. The van der Waals surface area contributed by atoms with Crippen molar-refractivity contribution >= 4 is 23.4 Å². The highest BCUT2D eigenvalue weighted by molar-refractivity contribution is 6.32. The zero-order chi connectivity index (χ0) is 17.0. The average molecular weight is 333 g/mol. The second-order valence-corrected chi connectivity index (χ2v) is 5.57. The summed E-state index contributed by atoms with van der Waals surface area (Å²) in [6.45, 7) is 3.35. The van der Waals surface area contributed by atoms with Gasteiger partial charge in [0.2, 0.25) is 0 Å². The maximum absolute atomic E-state index is 12.2.